The predicted octanol–water partition coefficient (Wildman–Crippen LogP) is 4.69. The number of fused-ring (bicyclic) bond motifs is 1. The molecule has 33 heavy (non-hydrogen) atoms. The topological polar surface area (TPSA) is 64.7 Å². The third-order valence-corrected chi connectivity index (χ3v) is 6.35. The van der Waals surface area contributed by atoms with Gasteiger partial charge in [-0.3, -0.25) is 9.59 Å². The summed E-state index contributed by atoms with van der Waals surface area (Å²) >= 11 is 0. The minimum absolute atomic E-state index is 0.0175. The molecule has 0 radical (unpaired) electrons. The molecule has 5 rings (SSSR count). The normalized spacial score (nSPS) is 17.5. The van der Waals surface area contributed by atoms with Crippen molar-refractivity contribution in [3.05, 3.63) is 83.9 Å². The summed E-state index contributed by atoms with van der Waals surface area (Å²) in [7, 11) is 1.83. The van der Waals surface area contributed by atoms with Gasteiger partial charge in [-0.25, -0.2) is 0 Å². The molecule has 1 fully saturated rings. The van der Waals surface area contributed by atoms with Crippen LogP contribution in [-0.2, 0) is 11.3 Å². The van der Waals surface area contributed by atoms with Crippen molar-refractivity contribution in [1.29, 1.82) is 0 Å². The maximum absolute atomic E-state index is 12.9. The third kappa shape index (κ3) is 4.42. The first-order valence-corrected chi connectivity index (χ1v) is 11.4. The molecule has 3 aromatic rings. The van der Waals surface area contributed by atoms with Gasteiger partial charge in [-0.2, -0.15) is 0 Å². The summed E-state index contributed by atoms with van der Waals surface area (Å²) in [5.41, 5.74) is 5.57. The maximum atomic E-state index is 12.9. The Labute approximate surface area is 194 Å². The number of nitrogens with zero attached hydrogens (tertiary/aromatic N) is 2. The molecular formula is C27H28N4O2. The summed E-state index contributed by atoms with van der Waals surface area (Å²) in [4.78, 5) is 29.0. The van der Waals surface area contributed by atoms with E-state index < -0.39 is 0 Å². The van der Waals surface area contributed by atoms with E-state index in [2.05, 4.69) is 33.7 Å². The number of amides is 2. The number of rotatable bonds is 6. The molecule has 2 N–H and O–H groups in total. The molecular weight excluding hydrogens is 412 g/mol. The molecule has 2 aliphatic rings. The Balaban J connectivity index is 1.39. The second-order valence-electron chi connectivity index (χ2n) is 8.84. The van der Waals surface area contributed by atoms with Crippen LogP contribution in [0.4, 0.5) is 22.7 Å². The molecule has 6 nitrogen and oxygen atoms in total. The largest absolute Gasteiger partial charge is 0.355 e. The van der Waals surface area contributed by atoms with Crippen LogP contribution in [0, 0.1) is 0 Å². The van der Waals surface area contributed by atoms with Gasteiger partial charge in [-0.15, -0.1) is 0 Å². The number of carbonyl (C=O) groups excluding carboxylic acids is 2. The first-order valence-electron chi connectivity index (χ1n) is 11.4. The Hall–Kier alpha value is -3.80. The summed E-state index contributed by atoms with van der Waals surface area (Å²) in [6.07, 6.45) is 2.15. The van der Waals surface area contributed by atoms with Crippen molar-refractivity contribution < 1.29 is 9.59 Å². The Morgan fingerprint density at radius 1 is 0.939 bits per heavy atom. The monoisotopic (exact) mass is 440 g/mol. The van der Waals surface area contributed by atoms with E-state index in [1.807, 2.05) is 68.6 Å². The van der Waals surface area contributed by atoms with Crippen LogP contribution < -0.4 is 20.4 Å². The predicted molar refractivity (Wildman–Crippen MR) is 132 cm³/mol. The summed E-state index contributed by atoms with van der Waals surface area (Å²) in [5.74, 6) is 0.0651. The molecule has 168 valence electrons. The number of nitrogens with one attached hydrogen (secondary N) is 2. The molecule has 3 aromatic carbocycles. The van der Waals surface area contributed by atoms with E-state index in [1.54, 1.807) is 4.90 Å². The summed E-state index contributed by atoms with van der Waals surface area (Å²) < 4.78 is 0. The zero-order valence-electron chi connectivity index (χ0n) is 18.9. The van der Waals surface area contributed by atoms with Gasteiger partial charge >= 0.3 is 0 Å². The molecule has 6 heteroatoms. The van der Waals surface area contributed by atoms with E-state index in [0.717, 1.165) is 41.2 Å². The number of hydrogen-bond donors (Lipinski definition) is 2. The minimum Gasteiger partial charge on any atom is -0.355 e. The Bertz CT molecular complexity index is 1170. The molecule has 0 spiro atoms. The number of carbonyl (C=O) groups is 2. The molecule has 1 atom stereocenters. The average Bonchev–Trinajstić information content (AvgIpc) is 3.65. The van der Waals surface area contributed by atoms with Crippen LogP contribution in [0.25, 0.3) is 0 Å². The van der Waals surface area contributed by atoms with Crippen molar-refractivity contribution in [1.82, 2.24) is 5.32 Å². The smallest absolute Gasteiger partial charge is 0.251 e. The zero-order valence-corrected chi connectivity index (χ0v) is 18.9. The molecule has 0 saturated heterocycles. The zero-order chi connectivity index (χ0) is 22.9. The van der Waals surface area contributed by atoms with Gasteiger partial charge in [0.15, 0.2) is 0 Å². The lowest BCUT2D eigenvalue weighted by Crippen LogP contribution is -2.50. The molecule has 1 saturated carbocycles. The average molecular weight is 441 g/mol. The Morgan fingerprint density at radius 3 is 2.33 bits per heavy atom. The van der Waals surface area contributed by atoms with Gasteiger partial charge in [0.05, 0.1) is 11.4 Å². The van der Waals surface area contributed by atoms with E-state index in [-0.39, 0.29) is 17.9 Å². The van der Waals surface area contributed by atoms with Crippen LogP contribution in [0.2, 0.25) is 0 Å². The minimum atomic E-state index is -0.262. The van der Waals surface area contributed by atoms with Crippen LogP contribution in [0.5, 0.6) is 0 Å². The van der Waals surface area contributed by atoms with Crippen LogP contribution >= 0.6 is 0 Å². The van der Waals surface area contributed by atoms with E-state index in [1.165, 1.54) is 0 Å². The van der Waals surface area contributed by atoms with Crippen LogP contribution in [0.3, 0.4) is 0 Å². The van der Waals surface area contributed by atoms with E-state index >= 15 is 0 Å². The van der Waals surface area contributed by atoms with Crippen molar-refractivity contribution >= 4 is 34.6 Å². The SMILES string of the molecule is C[C@@H]1C(=O)N(C)c2ccc(Nc3ccc(C(=O)NC4CC4)cc3)cc2N1Cc1ccccc1. The summed E-state index contributed by atoms with van der Waals surface area (Å²) in [5, 5.41) is 6.45. The standard InChI is InChI=1S/C27H28N4O2/c1-18-27(33)30(2)24-15-14-23(16-25(24)31(18)17-19-6-4-3-5-7-19)28-21-10-8-20(9-11-21)26(32)29-22-12-13-22/h3-11,14-16,18,22,28H,12-13,17H2,1-2H3,(H,29,32)/t18-/m1/s1. The highest BCUT2D eigenvalue weighted by Crippen LogP contribution is 2.39. The quantitative estimate of drug-likeness (QED) is 0.584. The fraction of sp³-hybridized carbons (Fsp3) is 0.259. The first kappa shape index (κ1) is 21.1. The summed E-state index contributed by atoms with van der Waals surface area (Å²) in [6, 6.07) is 23.9. The van der Waals surface area contributed by atoms with E-state index in [0.29, 0.717) is 18.2 Å². The van der Waals surface area contributed by atoms with Gasteiger partial charge in [0.2, 0.25) is 5.91 Å². The second kappa shape index (κ2) is 8.62. The molecule has 1 heterocycles. The Kier molecular flexibility index (Phi) is 5.50. The first-order chi connectivity index (χ1) is 16.0. The van der Waals surface area contributed by atoms with Gasteiger partial charge in [0.1, 0.15) is 6.04 Å². The number of likely N-dealkylation sites (N-methyl/N-ethyl adjacent to an activating group) is 1. The van der Waals surface area contributed by atoms with Crippen molar-refractivity contribution in [2.75, 3.05) is 22.2 Å². The number of anilines is 4. The summed E-state index contributed by atoms with van der Waals surface area (Å²) in [6.45, 7) is 2.61. The van der Waals surface area contributed by atoms with E-state index in [4.69, 9.17) is 0 Å². The van der Waals surface area contributed by atoms with Gasteiger partial charge in [-0.1, -0.05) is 30.3 Å². The van der Waals surface area contributed by atoms with Crippen LogP contribution in [-0.4, -0.2) is 30.9 Å². The fourth-order valence-corrected chi connectivity index (χ4v) is 4.23. The van der Waals surface area contributed by atoms with Crippen molar-refractivity contribution in [3.8, 4) is 0 Å². The lowest BCUT2D eigenvalue weighted by atomic mass is 10.0. The lowest BCUT2D eigenvalue weighted by Gasteiger charge is -2.40. The van der Waals surface area contributed by atoms with Crippen molar-refractivity contribution in [2.24, 2.45) is 0 Å². The molecule has 0 bridgehead atoms. The molecule has 1 aliphatic carbocycles. The van der Waals surface area contributed by atoms with Crippen molar-refractivity contribution in [2.45, 2.75) is 38.4 Å². The highest BCUT2D eigenvalue weighted by Gasteiger charge is 2.33. The third-order valence-electron chi connectivity index (χ3n) is 6.35. The van der Waals surface area contributed by atoms with Crippen LogP contribution in [0.1, 0.15) is 35.7 Å². The highest BCUT2D eigenvalue weighted by atomic mass is 16.2. The van der Waals surface area contributed by atoms with Crippen molar-refractivity contribution in [3.63, 3.8) is 0 Å². The number of hydrogen-bond acceptors (Lipinski definition) is 4. The lowest BCUT2D eigenvalue weighted by molar-refractivity contribution is -0.119. The van der Waals surface area contributed by atoms with Gasteiger partial charge in [-0.05, 0) is 67.8 Å². The molecule has 1 aliphatic heterocycles. The molecule has 0 unspecified atom stereocenters. The van der Waals surface area contributed by atoms with Gasteiger partial charge in [0, 0.05) is 36.6 Å². The fourth-order valence-electron chi connectivity index (χ4n) is 4.23. The highest BCUT2D eigenvalue weighted by molar-refractivity contribution is 6.05. The van der Waals surface area contributed by atoms with Crippen LogP contribution in [0.15, 0.2) is 72.8 Å². The number of benzene rings is 3. The molecule has 2 amide bonds. The Morgan fingerprint density at radius 2 is 1.64 bits per heavy atom. The second-order valence-corrected chi connectivity index (χ2v) is 8.84. The van der Waals surface area contributed by atoms with Gasteiger partial charge < -0.3 is 20.4 Å². The maximum Gasteiger partial charge on any atom is 0.251 e. The van der Waals surface area contributed by atoms with E-state index in [9.17, 15) is 9.59 Å². The van der Waals surface area contributed by atoms with Gasteiger partial charge in [0.25, 0.3) is 5.91 Å². The molecule has 0 aromatic heterocycles.